The average Bonchev–Trinajstić information content (AvgIpc) is 2.59. The second-order valence-electron chi connectivity index (χ2n) is 2.12. The predicted octanol–water partition coefficient (Wildman–Crippen LogP) is 1.48. The topological polar surface area (TPSA) is 24.9 Å². The standard InChI is InChI=1S/C6H8N2S2/c1-2-10-6(7-1)5-3-9-4-8-5/h3-4,6-7H,1-2H2. The van der Waals surface area contributed by atoms with Crippen LogP contribution in [0.2, 0.25) is 0 Å². The summed E-state index contributed by atoms with van der Waals surface area (Å²) in [5.74, 6) is 1.21. The lowest BCUT2D eigenvalue weighted by atomic mass is 10.5. The van der Waals surface area contributed by atoms with Crippen LogP contribution in [-0.4, -0.2) is 17.3 Å². The van der Waals surface area contributed by atoms with Crippen LogP contribution in [0, 0.1) is 0 Å². The van der Waals surface area contributed by atoms with Crippen molar-refractivity contribution in [3.05, 3.63) is 16.6 Å². The maximum Gasteiger partial charge on any atom is 0.0971 e. The molecule has 1 aromatic heterocycles. The van der Waals surface area contributed by atoms with Crippen LogP contribution in [0.15, 0.2) is 10.9 Å². The maximum atomic E-state index is 4.23. The van der Waals surface area contributed by atoms with Gasteiger partial charge in [0.05, 0.1) is 16.6 Å². The Bertz CT molecular complexity index is 192. The minimum atomic E-state index is 0.464. The Balaban J connectivity index is 2.12. The van der Waals surface area contributed by atoms with E-state index in [-0.39, 0.29) is 0 Å². The van der Waals surface area contributed by atoms with Gasteiger partial charge in [0.25, 0.3) is 0 Å². The van der Waals surface area contributed by atoms with Gasteiger partial charge in [-0.15, -0.1) is 23.1 Å². The van der Waals surface area contributed by atoms with Crippen molar-refractivity contribution < 1.29 is 0 Å². The third-order valence-corrected chi connectivity index (χ3v) is 3.22. The summed E-state index contributed by atoms with van der Waals surface area (Å²) < 4.78 is 0. The number of nitrogens with one attached hydrogen (secondary N) is 1. The Labute approximate surface area is 68.1 Å². The summed E-state index contributed by atoms with van der Waals surface area (Å²) in [6.45, 7) is 1.12. The molecule has 0 aromatic carbocycles. The second-order valence-corrected chi connectivity index (χ2v) is 4.05. The highest BCUT2D eigenvalue weighted by atomic mass is 32.2. The zero-order valence-electron chi connectivity index (χ0n) is 5.41. The Morgan fingerprint density at radius 2 is 2.70 bits per heavy atom. The molecule has 0 amide bonds. The molecule has 0 aliphatic carbocycles. The molecule has 2 heterocycles. The van der Waals surface area contributed by atoms with E-state index in [9.17, 15) is 0 Å². The maximum absolute atomic E-state index is 4.23. The normalized spacial score (nSPS) is 25.4. The molecule has 0 bridgehead atoms. The van der Waals surface area contributed by atoms with Crippen molar-refractivity contribution in [1.29, 1.82) is 0 Å². The minimum Gasteiger partial charge on any atom is -0.300 e. The van der Waals surface area contributed by atoms with Crippen molar-refractivity contribution in [3.63, 3.8) is 0 Å². The van der Waals surface area contributed by atoms with Crippen LogP contribution in [0.1, 0.15) is 11.1 Å². The van der Waals surface area contributed by atoms with E-state index in [0.717, 1.165) is 6.54 Å². The van der Waals surface area contributed by atoms with Gasteiger partial charge in [-0.05, 0) is 0 Å². The molecule has 2 rings (SSSR count). The summed E-state index contributed by atoms with van der Waals surface area (Å²) in [7, 11) is 0. The van der Waals surface area contributed by atoms with Gasteiger partial charge < -0.3 is 0 Å². The molecule has 10 heavy (non-hydrogen) atoms. The molecule has 0 saturated carbocycles. The van der Waals surface area contributed by atoms with Crippen LogP contribution >= 0.6 is 23.1 Å². The van der Waals surface area contributed by atoms with Gasteiger partial charge >= 0.3 is 0 Å². The summed E-state index contributed by atoms with van der Waals surface area (Å²) in [5.41, 5.74) is 3.07. The molecular formula is C6H8N2S2. The first-order valence-electron chi connectivity index (χ1n) is 3.20. The van der Waals surface area contributed by atoms with E-state index in [4.69, 9.17) is 0 Å². The van der Waals surface area contributed by atoms with Gasteiger partial charge in [0.15, 0.2) is 0 Å². The van der Waals surface area contributed by atoms with Crippen molar-refractivity contribution in [2.24, 2.45) is 0 Å². The lowest BCUT2D eigenvalue weighted by molar-refractivity contribution is 0.737. The fraction of sp³-hybridized carbons (Fsp3) is 0.500. The number of thiazole rings is 1. The van der Waals surface area contributed by atoms with Gasteiger partial charge in [-0.25, -0.2) is 4.98 Å². The molecule has 1 aliphatic heterocycles. The molecule has 54 valence electrons. The lowest BCUT2D eigenvalue weighted by Crippen LogP contribution is -2.11. The third-order valence-electron chi connectivity index (χ3n) is 1.44. The van der Waals surface area contributed by atoms with E-state index in [1.807, 2.05) is 17.3 Å². The van der Waals surface area contributed by atoms with Crippen molar-refractivity contribution in [1.82, 2.24) is 10.3 Å². The van der Waals surface area contributed by atoms with Crippen LogP contribution in [0.5, 0.6) is 0 Å². The van der Waals surface area contributed by atoms with Gasteiger partial charge in [-0.3, -0.25) is 5.32 Å². The van der Waals surface area contributed by atoms with E-state index >= 15 is 0 Å². The van der Waals surface area contributed by atoms with Crippen molar-refractivity contribution in [3.8, 4) is 0 Å². The van der Waals surface area contributed by atoms with Crippen molar-refractivity contribution in [2.45, 2.75) is 5.37 Å². The van der Waals surface area contributed by atoms with Gasteiger partial charge in [0, 0.05) is 17.7 Å². The highest BCUT2D eigenvalue weighted by molar-refractivity contribution is 7.99. The number of hydrogen-bond acceptors (Lipinski definition) is 4. The van der Waals surface area contributed by atoms with E-state index in [0.29, 0.717) is 5.37 Å². The third kappa shape index (κ3) is 1.19. The molecule has 2 nitrogen and oxygen atoms in total. The molecule has 1 saturated heterocycles. The molecule has 1 aromatic rings. The van der Waals surface area contributed by atoms with E-state index < -0.39 is 0 Å². The molecule has 1 unspecified atom stereocenters. The highest BCUT2D eigenvalue weighted by Gasteiger charge is 2.17. The molecule has 1 aliphatic rings. The van der Waals surface area contributed by atoms with Crippen LogP contribution in [-0.2, 0) is 0 Å². The van der Waals surface area contributed by atoms with E-state index in [1.54, 1.807) is 11.3 Å². The molecule has 4 heteroatoms. The van der Waals surface area contributed by atoms with Crippen LogP contribution < -0.4 is 5.32 Å². The second kappa shape index (κ2) is 2.90. The molecule has 0 radical (unpaired) electrons. The van der Waals surface area contributed by atoms with E-state index in [1.165, 1.54) is 11.4 Å². The molecular weight excluding hydrogens is 164 g/mol. The number of aromatic nitrogens is 1. The number of hydrogen-bond donors (Lipinski definition) is 1. The predicted molar refractivity (Wildman–Crippen MR) is 45.3 cm³/mol. The average molecular weight is 172 g/mol. The fourth-order valence-corrected chi connectivity index (χ4v) is 2.64. The first kappa shape index (κ1) is 6.64. The summed E-state index contributed by atoms with van der Waals surface area (Å²) in [6, 6.07) is 0. The fourth-order valence-electron chi connectivity index (χ4n) is 0.967. The Morgan fingerprint density at radius 1 is 1.70 bits per heavy atom. The molecule has 0 spiro atoms. The zero-order valence-corrected chi connectivity index (χ0v) is 7.04. The quantitative estimate of drug-likeness (QED) is 0.694. The monoisotopic (exact) mass is 172 g/mol. The largest absolute Gasteiger partial charge is 0.300 e. The summed E-state index contributed by atoms with van der Waals surface area (Å²) >= 11 is 3.60. The van der Waals surface area contributed by atoms with E-state index in [2.05, 4.69) is 15.7 Å². The van der Waals surface area contributed by atoms with Crippen LogP contribution in [0.25, 0.3) is 0 Å². The van der Waals surface area contributed by atoms with Crippen molar-refractivity contribution >= 4 is 23.1 Å². The minimum absolute atomic E-state index is 0.464. The molecule has 1 atom stereocenters. The number of nitrogens with zero attached hydrogens (tertiary/aromatic N) is 1. The van der Waals surface area contributed by atoms with Gasteiger partial charge in [-0.1, -0.05) is 0 Å². The summed E-state index contributed by atoms with van der Waals surface area (Å²) in [5, 5.41) is 5.94. The lowest BCUT2D eigenvalue weighted by Gasteiger charge is -2.03. The molecule has 1 fully saturated rings. The summed E-state index contributed by atoms with van der Waals surface area (Å²) in [6.07, 6.45) is 0. The Morgan fingerprint density at radius 3 is 3.30 bits per heavy atom. The number of rotatable bonds is 1. The smallest absolute Gasteiger partial charge is 0.0971 e. The highest BCUT2D eigenvalue weighted by Crippen LogP contribution is 2.28. The van der Waals surface area contributed by atoms with Crippen LogP contribution in [0.4, 0.5) is 0 Å². The first-order chi connectivity index (χ1) is 4.97. The Hall–Kier alpha value is -0.0600. The van der Waals surface area contributed by atoms with Gasteiger partial charge in [0.2, 0.25) is 0 Å². The van der Waals surface area contributed by atoms with Gasteiger partial charge in [-0.2, -0.15) is 0 Å². The van der Waals surface area contributed by atoms with Gasteiger partial charge in [0.1, 0.15) is 0 Å². The van der Waals surface area contributed by atoms with Crippen molar-refractivity contribution in [2.75, 3.05) is 12.3 Å². The summed E-state index contributed by atoms with van der Waals surface area (Å²) in [4.78, 5) is 4.23. The SMILES string of the molecule is c1nc(C2NCCS2)cs1. The Kier molecular flexibility index (Phi) is 1.93. The zero-order chi connectivity index (χ0) is 6.81. The van der Waals surface area contributed by atoms with Crippen LogP contribution in [0.3, 0.4) is 0 Å². The first-order valence-corrected chi connectivity index (χ1v) is 5.19. The number of thioether (sulfide) groups is 1. The molecule has 1 N–H and O–H groups in total.